The highest BCUT2D eigenvalue weighted by Crippen LogP contribution is 2.38. The fraction of sp³-hybridized carbons (Fsp3) is 0.160. The number of nitrogens with one attached hydrogen (secondary N) is 1. The van der Waals surface area contributed by atoms with Crippen LogP contribution in [0.15, 0.2) is 60.8 Å². The van der Waals surface area contributed by atoms with Crippen LogP contribution in [0.4, 0.5) is 20.3 Å². The van der Waals surface area contributed by atoms with Gasteiger partial charge in [-0.1, -0.05) is 17.7 Å². The zero-order valence-electron chi connectivity index (χ0n) is 17.9. The lowest BCUT2D eigenvalue weighted by molar-refractivity contribution is 0.102. The normalized spacial score (nSPS) is 13.3. The molecule has 6 nitrogen and oxygen atoms in total. The van der Waals surface area contributed by atoms with Crippen LogP contribution in [0, 0.1) is 11.6 Å². The Labute approximate surface area is 199 Å². The minimum absolute atomic E-state index is 0.102. The summed E-state index contributed by atoms with van der Waals surface area (Å²) in [5.74, 6) is -0.987. The molecule has 34 heavy (non-hydrogen) atoms. The molecule has 2 heterocycles. The molecule has 4 aromatic rings. The molecular weight excluding hydrogens is 462 g/mol. The van der Waals surface area contributed by atoms with E-state index >= 15 is 0 Å². The molecule has 1 fully saturated rings. The highest BCUT2D eigenvalue weighted by Gasteiger charge is 2.18. The zero-order valence-corrected chi connectivity index (χ0v) is 18.6. The van der Waals surface area contributed by atoms with Crippen molar-refractivity contribution in [3.63, 3.8) is 0 Å². The Morgan fingerprint density at radius 2 is 1.85 bits per heavy atom. The number of nitrogens with zero attached hydrogens (tertiary/aromatic N) is 3. The number of benzene rings is 3. The van der Waals surface area contributed by atoms with Gasteiger partial charge < -0.3 is 15.0 Å². The number of anilines is 2. The molecule has 0 saturated carbocycles. The SMILES string of the molecule is O=C(Nc1ccc(F)c(Oc2ccc3ncc(N4CCCC4)nc3c2)c1Cl)c1cccc(F)c1. The highest BCUT2D eigenvalue weighted by molar-refractivity contribution is 6.35. The van der Waals surface area contributed by atoms with E-state index in [9.17, 15) is 13.6 Å². The van der Waals surface area contributed by atoms with Crippen molar-refractivity contribution in [1.29, 1.82) is 0 Å². The van der Waals surface area contributed by atoms with Crippen LogP contribution in [-0.2, 0) is 0 Å². The molecule has 1 aliphatic rings. The molecule has 1 amide bonds. The van der Waals surface area contributed by atoms with Gasteiger partial charge in [0.25, 0.3) is 5.91 Å². The first-order valence-corrected chi connectivity index (χ1v) is 11.1. The van der Waals surface area contributed by atoms with E-state index in [2.05, 4.69) is 20.2 Å². The second-order valence-corrected chi connectivity index (χ2v) is 8.26. The van der Waals surface area contributed by atoms with Gasteiger partial charge in [0.05, 0.1) is 22.9 Å². The largest absolute Gasteiger partial charge is 0.453 e. The van der Waals surface area contributed by atoms with Gasteiger partial charge in [-0.3, -0.25) is 9.78 Å². The Morgan fingerprint density at radius 1 is 1.03 bits per heavy atom. The quantitative estimate of drug-likeness (QED) is 0.368. The smallest absolute Gasteiger partial charge is 0.255 e. The van der Waals surface area contributed by atoms with Gasteiger partial charge in [-0.05, 0) is 55.3 Å². The maximum Gasteiger partial charge on any atom is 0.255 e. The van der Waals surface area contributed by atoms with Crippen molar-refractivity contribution in [2.24, 2.45) is 0 Å². The summed E-state index contributed by atoms with van der Waals surface area (Å²) in [6, 6.07) is 12.7. The highest BCUT2D eigenvalue weighted by atomic mass is 35.5. The minimum Gasteiger partial charge on any atom is -0.453 e. The predicted octanol–water partition coefficient (Wildman–Crippen LogP) is 6.21. The Hall–Kier alpha value is -3.78. The lowest BCUT2D eigenvalue weighted by Crippen LogP contribution is -2.19. The van der Waals surface area contributed by atoms with Crippen molar-refractivity contribution in [2.75, 3.05) is 23.3 Å². The number of halogens is 3. The van der Waals surface area contributed by atoms with E-state index in [-0.39, 0.29) is 22.0 Å². The molecule has 172 valence electrons. The van der Waals surface area contributed by atoms with Crippen LogP contribution in [0.5, 0.6) is 11.5 Å². The lowest BCUT2D eigenvalue weighted by Gasteiger charge is -2.16. The third-order valence-corrected chi connectivity index (χ3v) is 5.91. The van der Waals surface area contributed by atoms with E-state index in [4.69, 9.17) is 16.3 Å². The van der Waals surface area contributed by atoms with Crippen molar-refractivity contribution in [2.45, 2.75) is 12.8 Å². The Balaban J connectivity index is 1.41. The third kappa shape index (κ3) is 4.49. The van der Waals surface area contributed by atoms with Gasteiger partial charge in [0, 0.05) is 24.7 Å². The molecule has 9 heteroatoms. The molecule has 1 aromatic heterocycles. The number of carbonyl (C=O) groups is 1. The number of fused-ring (bicyclic) bond motifs is 1. The molecule has 0 atom stereocenters. The average molecular weight is 481 g/mol. The maximum absolute atomic E-state index is 14.6. The first-order valence-electron chi connectivity index (χ1n) is 10.7. The second-order valence-electron chi connectivity index (χ2n) is 7.88. The summed E-state index contributed by atoms with van der Waals surface area (Å²) in [4.78, 5) is 23.8. The third-order valence-electron chi connectivity index (χ3n) is 5.54. The van der Waals surface area contributed by atoms with E-state index in [0.29, 0.717) is 16.8 Å². The lowest BCUT2D eigenvalue weighted by atomic mass is 10.2. The molecule has 5 rings (SSSR count). The van der Waals surface area contributed by atoms with Crippen molar-refractivity contribution in [1.82, 2.24) is 9.97 Å². The number of hydrogen-bond acceptors (Lipinski definition) is 5. The number of amides is 1. The minimum atomic E-state index is -0.703. The second kappa shape index (κ2) is 9.23. The molecule has 3 aromatic carbocycles. The van der Waals surface area contributed by atoms with Crippen molar-refractivity contribution in [3.05, 3.63) is 83.0 Å². The number of rotatable bonds is 5. The monoisotopic (exact) mass is 480 g/mol. The van der Waals surface area contributed by atoms with E-state index < -0.39 is 17.5 Å². The van der Waals surface area contributed by atoms with Crippen LogP contribution in [0.25, 0.3) is 11.0 Å². The van der Waals surface area contributed by atoms with E-state index in [1.54, 1.807) is 24.4 Å². The van der Waals surface area contributed by atoms with Gasteiger partial charge in [-0.2, -0.15) is 0 Å². The molecule has 0 unspecified atom stereocenters. The van der Waals surface area contributed by atoms with Crippen LogP contribution in [0.1, 0.15) is 23.2 Å². The van der Waals surface area contributed by atoms with E-state index in [0.717, 1.165) is 43.9 Å². The van der Waals surface area contributed by atoms with Gasteiger partial charge in [0.15, 0.2) is 11.6 Å². The Kier molecular flexibility index (Phi) is 5.98. The van der Waals surface area contributed by atoms with Crippen molar-refractivity contribution >= 4 is 40.0 Å². The molecule has 0 aliphatic carbocycles. The average Bonchev–Trinajstić information content (AvgIpc) is 3.38. The van der Waals surface area contributed by atoms with Gasteiger partial charge in [0.2, 0.25) is 0 Å². The van der Waals surface area contributed by atoms with Crippen LogP contribution in [0.2, 0.25) is 5.02 Å². The maximum atomic E-state index is 14.6. The first-order chi connectivity index (χ1) is 16.5. The van der Waals surface area contributed by atoms with Gasteiger partial charge in [0.1, 0.15) is 22.4 Å². The fourth-order valence-electron chi connectivity index (χ4n) is 3.81. The summed E-state index contributed by atoms with van der Waals surface area (Å²) in [7, 11) is 0. The predicted molar refractivity (Wildman–Crippen MR) is 127 cm³/mol. The van der Waals surface area contributed by atoms with Gasteiger partial charge in [-0.15, -0.1) is 0 Å². The van der Waals surface area contributed by atoms with E-state index in [1.807, 2.05) is 0 Å². The molecule has 0 bridgehead atoms. The summed E-state index contributed by atoms with van der Waals surface area (Å²) < 4.78 is 33.8. The Bertz CT molecular complexity index is 1390. The molecular formula is C25H19ClF2N4O2. The topological polar surface area (TPSA) is 67.3 Å². The molecule has 1 saturated heterocycles. The van der Waals surface area contributed by atoms with Crippen LogP contribution in [0.3, 0.4) is 0 Å². The molecule has 0 spiro atoms. The van der Waals surface area contributed by atoms with Crippen molar-refractivity contribution < 1.29 is 18.3 Å². The van der Waals surface area contributed by atoms with Crippen LogP contribution < -0.4 is 15.0 Å². The standard InChI is InChI=1S/C25H19ClF2N4O2/c26-23-20(31-25(33)15-4-3-5-16(27)12-15)9-7-18(28)24(23)34-17-6-8-19-21(13-17)30-22(14-29-19)32-10-1-2-11-32/h3-9,12-14H,1-2,10-11H2,(H,31,33). The van der Waals surface area contributed by atoms with Gasteiger partial charge in [-0.25, -0.2) is 13.8 Å². The van der Waals surface area contributed by atoms with Crippen LogP contribution >= 0.6 is 11.6 Å². The summed E-state index contributed by atoms with van der Waals surface area (Å²) in [6.45, 7) is 1.87. The first kappa shape index (κ1) is 22.0. The molecule has 1 aliphatic heterocycles. The number of hydrogen-bond donors (Lipinski definition) is 1. The number of ether oxygens (including phenoxy) is 1. The zero-order chi connectivity index (χ0) is 23.7. The summed E-state index contributed by atoms with van der Waals surface area (Å²) in [5, 5.41) is 2.44. The number of aromatic nitrogens is 2. The summed E-state index contributed by atoms with van der Waals surface area (Å²) in [5.41, 5.74) is 1.51. The van der Waals surface area contributed by atoms with Crippen LogP contribution in [-0.4, -0.2) is 29.0 Å². The summed E-state index contributed by atoms with van der Waals surface area (Å²) >= 11 is 6.37. The Morgan fingerprint density at radius 3 is 2.65 bits per heavy atom. The number of carbonyl (C=O) groups excluding carboxylic acids is 1. The fourth-order valence-corrected chi connectivity index (χ4v) is 4.05. The van der Waals surface area contributed by atoms with Crippen molar-refractivity contribution in [3.8, 4) is 11.5 Å². The van der Waals surface area contributed by atoms with E-state index in [1.165, 1.54) is 24.3 Å². The molecule has 1 N–H and O–H groups in total. The molecule has 0 radical (unpaired) electrons. The van der Waals surface area contributed by atoms with Gasteiger partial charge >= 0.3 is 0 Å². The summed E-state index contributed by atoms with van der Waals surface area (Å²) in [6.07, 6.45) is 3.98.